The standard InChI is InChI=1S/C27H20F2N2S/c28-32(29)30-18-23(20-10-4-1-5-11-20)16-25(30)27(22-14-8-3-9-15-22)26-17-24(19-31(26)32)21-12-6-2-7-13-21/h1-19,27H. The van der Waals surface area contributed by atoms with Crippen LogP contribution in [0.15, 0.2) is 116 Å². The van der Waals surface area contributed by atoms with Gasteiger partial charge in [-0.05, 0) is 28.8 Å². The Morgan fingerprint density at radius 3 is 1.38 bits per heavy atom. The normalized spacial score (nSPS) is 15.7. The second kappa shape index (κ2) is 7.24. The third-order valence-electron chi connectivity index (χ3n) is 6.04. The Bertz CT molecular complexity index is 1300. The zero-order chi connectivity index (χ0) is 21.7. The topological polar surface area (TPSA) is 9.86 Å². The van der Waals surface area contributed by atoms with E-state index < -0.39 is 11.2 Å². The van der Waals surface area contributed by atoms with E-state index in [1.807, 2.05) is 103 Å². The minimum absolute atomic E-state index is 0.279. The largest absolute Gasteiger partial charge is 0.248 e. The SMILES string of the molecule is FS1(F)n2cc(-c3ccccc3)cc2C(c2ccccc2)c2cc(-c3ccccc3)cn21. The molecule has 2 nitrogen and oxygen atoms in total. The molecule has 0 radical (unpaired) electrons. The van der Waals surface area contributed by atoms with E-state index in [0.29, 0.717) is 11.4 Å². The first-order chi connectivity index (χ1) is 15.6. The van der Waals surface area contributed by atoms with Crippen LogP contribution >= 0.6 is 11.2 Å². The molecule has 32 heavy (non-hydrogen) atoms. The van der Waals surface area contributed by atoms with Crippen molar-refractivity contribution < 1.29 is 7.77 Å². The monoisotopic (exact) mass is 442 g/mol. The van der Waals surface area contributed by atoms with Gasteiger partial charge in [-0.2, -0.15) is 0 Å². The maximum Gasteiger partial charge on any atom is 0.237 e. The quantitative estimate of drug-likeness (QED) is 0.269. The van der Waals surface area contributed by atoms with E-state index in [1.54, 1.807) is 12.4 Å². The predicted molar refractivity (Wildman–Crippen MR) is 128 cm³/mol. The van der Waals surface area contributed by atoms with Crippen molar-refractivity contribution in [1.82, 2.24) is 7.94 Å². The second-order valence-electron chi connectivity index (χ2n) is 7.95. The zero-order valence-electron chi connectivity index (χ0n) is 17.1. The molecular weight excluding hydrogens is 422 g/mol. The average molecular weight is 443 g/mol. The van der Waals surface area contributed by atoms with E-state index in [4.69, 9.17) is 0 Å². The fraction of sp³-hybridized carbons (Fsp3) is 0.0370. The molecule has 6 rings (SSSR count). The number of rotatable bonds is 3. The summed E-state index contributed by atoms with van der Waals surface area (Å²) in [6.07, 6.45) is 3.22. The third kappa shape index (κ3) is 2.93. The van der Waals surface area contributed by atoms with Crippen LogP contribution in [-0.2, 0) is 0 Å². The van der Waals surface area contributed by atoms with Gasteiger partial charge in [0.2, 0.25) is 11.2 Å². The Kier molecular flexibility index (Phi) is 4.33. The van der Waals surface area contributed by atoms with Gasteiger partial charge in [-0.15, -0.1) is 7.77 Å². The van der Waals surface area contributed by atoms with Gasteiger partial charge in [0, 0.05) is 34.9 Å². The number of benzene rings is 3. The molecular formula is C27H20F2N2S. The van der Waals surface area contributed by atoms with Crippen molar-refractivity contribution in [1.29, 1.82) is 0 Å². The molecule has 3 aromatic carbocycles. The van der Waals surface area contributed by atoms with Gasteiger partial charge in [0.1, 0.15) is 0 Å². The molecule has 0 unspecified atom stereocenters. The summed E-state index contributed by atoms with van der Waals surface area (Å²) in [6, 6.07) is 33.2. The van der Waals surface area contributed by atoms with E-state index in [0.717, 1.165) is 27.8 Å². The highest BCUT2D eigenvalue weighted by Crippen LogP contribution is 2.62. The van der Waals surface area contributed by atoms with Gasteiger partial charge in [-0.25, -0.2) is 7.94 Å². The van der Waals surface area contributed by atoms with Gasteiger partial charge in [-0.1, -0.05) is 91.0 Å². The van der Waals surface area contributed by atoms with Gasteiger partial charge >= 0.3 is 0 Å². The van der Waals surface area contributed by atoms with Crippen LogP contribution in [-0.4, -0.2) is 7.94 Å². The van der Waals surface area contributed by atoms with Crippen LogP contribution < -0.4 is 0 Å². The second-order valence-corrected chi connectivity index (χ2v) is 9.57. The molecule has 1 aliphatic heterocycles. The van der Waals surface area contributed by atoms with Gasteiger partial charge in [-0.3, -0.25) is 0 Å². The zero-order valence-corrected chi connectivity index (χ0v) is 17.9. The molecule has 0 fully saturated rings. The summed E-state index contributed by atoms with van der Waals surface area (Å²) < 4.78 is 34.3. The number of halogens is 2. The van der Waals surface area contributed by atoms with Crippen molar-refractivity contribution in [2.75, 3.05) is 0 Å². The minimum Gasteiger partial charge on any atom is -0.248 e. The third-order valence-corrected chi connectivity index (χ3v) is 7.62. The fourth-order valence-corrected chi connectivity index (χ4v) is 6.03. The molecule has 5 heteroatoms. The van der Waals surface area contributed by atoms with Crippen LogP contribution in [0.1, 0.15) is 22.9 Å². The van der Waals surface area contributed by atoms with Gasteiger partial charge in [0.05, 0.1) is 5.92 Å². The maximum absolute atomic E-state index is 15.9. The molecule has 0 saturated heterocycles. The summed E-state index contributed by atoms with van der Waals surface area (Å²) in [5.74, 6) is -0.279. The summed E-state index contributed by atoms with van der Waals surface area (Å²) in [5, 5.41) is 0. The molecule has 1 aliphatic rings. The van der Waals surface area contributed by atoms with Crippen LogP contribution in [0.4, 0.5) is 7.77 Å². The molecule has 0 amide bonds. The fourth-order valence-electron chi connectivity index (χ4n) is 4.53. The summed E-state index contributed by atoms with van der Waals surface area (Å²) in [7, 11) is 0. The molecule has 0 spiro atoms. The van der Waals surface area contributed by atoms with E-state index in [2.05, 4.69) is 0 Å². The van der Waals surface area contributed by atoms with E-state index in [9.17, 15) is 0 Å². The predicted octanol–water partition coefficient (Wildman–Crippen LogP) is 7.92. The molecule has 0 aliphatic carbocycles. The van der Waals surface area contributed by atoms with Gasteiger partial charge < -0.3 is 0 Å². The van der Waals surface area contributed by atoms with Gasteiger partial charge in [0.25, 0.3) is 0 Å². The lowest BCUT2D eigenvalue weighted by Gasteiger charge is -2.36. The lowest BCUT2D eigenvalue weighted by molar-refractivity contribution is 0.652. The van der Waals surface area contributed by atoms with Crippen molar-refractivity contribution in [2.24, 2.45) is 0 Å². The summed E-state index contributed by atoms with van der Waals surface area (Å²) in [6.45, 7) is 0. The Morgan fingerprint density at radius 1 is 0.531 bits per heavy atom. The van der Waals surface area contributed by atoms with E-state index in [1.165, 1.54) is 7.94 Å². The highest BCUT2D eigenvalue weighted by molar-refractivity contribution is 8.22. The van der Waals surface area contributed by atoms with Crippen LogP contribution in [0, 0.1) is 0 Å². The highest BCUT2D eigenvalue weighted by Gasteiger charge is 2.42. The van der Waals surface area contributed by atoms with Crippen LogP contribution in [0.25, 0.3) is 22.3 Å². The van der Waals surface area contributed by atoms with E-state index in [-0.39, 0.29) is 5.92 Å². The summed E-state index contributed by atoms with van der Waals surface area (Å²) in [5.41, 5.74) is 5.74. The number of nitrogens with zero attached hydrogens (tertiary/aromatic N) is 2. The maximum atomic E-state index is 15.9. The van der Waals surface area contributed by atoms with Crippen molar-refractivity contribution in [2.45, 2.75) is 5.92 Å². The molecule has 5 aromatic rings. The summed E-state index contributed by atoms with van der Waals surface area (Å²) >= 11 is -4.28. The minimum atomic E-state index is -4.28. The van der Waals surface area contributed by atoms with Crippen molar-refractivity contribution >= 4 is 11.2 Å². The summed E-state index contributed by atoms with van der Waals surface area (Å²) in [4.78, 5) is 0. The first-order valence-electron chi connectivity index (χ1n) is 10.5. The molecule has 3 heterocycles. The number of hydrogen-bond acceptors (Lipinski definition) is 0. The molecule has 2 aromatic heterocycles. The van der Waals surface area contributed by atoms with Crippen LogP contribution in [0.2, 0.25) is 0 Å². The molecule has 0 N–H and O–H groups in total. The smallest absolute Gasteiger partial charge is 0.237 e. The van der Waals surface area contributed by atoms with Gasteiger partial charge in [0.15, 0.2) is 0 Å². The Labute approximate surface area is 187 Å². The molecule has 0 saturated carbocycles. The lowest BCUT2D eigenvalue weighted by atomic mass is 9.91. The van der Waals surface area contributed by atoms with Crippen LogP contribution in [0.5, 0.6) is 0 Å². The number of fused-ring (bicyclic) bond motifs is 2. The Morgan fingerprint density at radius 2 is 0.938 bits per heavy atom. The number of aromatic nitrogens is 2. The first-order valence-corrected chi connectivity index (χ1v) is 11.8. The highest BCUT2D eigenvalue weighted by atomic mass is 32.3. The van der Waals surface area contributed by atoms with Crippen molar-refractivity contribution in [3.05, 3.63) is 132 Å². The van der Waals surface area contributed by atoms with Crippen molar-refractivity contribution in [3.63, 3.8) is 0 Å². The average Bonchev–Trinajstić information content (AvgIpc) is 3.48. The van der Waals surface area contributed by atoms with Crippen LogP contribution in [0.3, 0.4) is 0 Å². The first kappa shape index (κ1) is 19.1. The van der Waals surface area contributed by atoms with E-state index >= 15 is 7.77 Å². The molecule has 0 atom stereocenters. The lowest BCUT2D eigenvalue weighted by Crippen LogP contribution is -2.23. The van der Waals surface area contributed by atoms with Crippen molar-refractivity contribution in [3.8, 4) is 22.3 Å². The Balaban J connectivity index is 1.59. The molecule has 158 valence electrons. The Hall–Kier alpha value is -3.57. The number of hydrogen-bond donors (Lipinski definition) is 0. The molecule has 0 bridgehead atoms.